The summed E-state index contributed by atoms with van der Waals surface area (Å²) in [6.07, 6.45) is 0. The predicted octanol–water partition coefficient (Wildman–Crippen LogP) is 3.24. The first-order valence-electron chi connectivity index (χ1n) is 6.44. The van der Waals surface area contributed by atoms with Crippen molar-refractivity contribution in [2.45, 2.75) is 6.92 Å². The van der Waals surface area contributed by atoms with Crippen LogP contribution >= 0.6 is 0 Å². The summed E-state index contributed by atoms with van der Waals surface area (Å²) in [5.74, 6) is -0.798. The molecule has 2 heterocycles. The molecule has 2 aromatic heterocycles. The zero-order valence-corrected chi connectivity index (χ0v) is 11.6. The summed E-state index contributed by atoms with van der Waals surface area (Å²) in [6.45, 7) is 1.90. The largest absolute Gasteiger partial charge is 0.465 e. The van der Waals surface area contributed by atoms with Gasteiger partial charge < -0.3 is 4.74 Å². The Hall–Kier alpha value is -2.69. The molecule has 0 radical (unpaired) electrons. The zero-order valence-electron chi connectivity index (χ0n) is 11.6. The minimum Gasteiger partial charge on any atom is -0.465 e. The molecule has 0 aliphatic heterocycles. The molecule has 0 atom stereocenters. The highest BCUT2D eigenvalue weighted by Gasteiger charge is 2.22. The van der Waals surface area contributed by atoms with E-state index in [1.54, 1.807) is 22.7 Å². The molecule has 21 heavy (non-hydrogen) atoms. The molecule has 0 aliphatic rings. The molecule has 4 nitrogen and oxygen atoms in total. The molecule has 0 aliphatic carbocycles. The number of nitrogens with zero attached hydrogens (tertiary/aromatic N) is 2. The molecule has 5 heteroatoms. The number of fused-ring (bicyclic) bond motifs is 1. The Morgan fingerprint density at radius 2 is 1.90 bits per heavy atom. The molecule has 0 unspecified atom stereocenters. The lowest BCUT2D eigenvalue weighted by molar-refractivity contribution is 0.0604. The number of hydrogen-bond acceptors (Lipinski definition) is 3. The summed E-state index contributed by atoms with van der Waals surface area (Å²) in [7, 11) is 1.33. The number of aromatic nitrogens is 2. The Kier molecular flexibility index (Phi) is 3.17. The first-order valence-corrected chi connectivity index (χ1v) is 6.44. The number of aryl methyl sites for hydroxylation is 1. The average Bonchev–Trinajstić information content (AvgIpc) is 2.88. The molecule has 0 N–H and O–H groups in total. The smallest absolute Gasteiger partial charge is 0.342 e. The third-order valence-electron chi connectivity index (χ3n) is 3.35. The van der Waals surface area contributed by atoms with Gasteiger partial charge in [0, 0.05) is 11.3 Å². The van der Waals surface area contributed by atoms with Gasteiger partial charge in [0.05, 0.1) is 12.6 Å². The number of ether oxygens (including phenoxy) is 1. The van der Waals surface area contributed by atoms with Crippen molar-refractivity contribution >= 4 is 11.5 Å². The van der Waals surface area contributed by atoms with E-state index in [9.17, 15) is 9.18 Å². The fraction of sp³-hybridized carbons (Fsp3) is 0.125. The SMILES string of the molecule is COC(=O)c1c(-c2ccc(F)cc2)nn2c(C)cccc12. The number of halogens is 1. The van der Waals surface area contributed by atoms with Gasteiger partial charge in [0.1, 0.15) is 17.1 Å². The molecule has 3 aromatic rings. The molecule has 106 valence electrons. The predicted molar refractivity (Wildman–Crippen MR) is 76.7 cm³/mol. The van der Waals surface area contributed by atoms with Crippen LogP contribution in [0.2, 0.25) is 0 Å². The molecule has 1 aromatic carbocycles. The minimum absolute atomic E-state index is 0.335. The Balaban J connectivity index is 2.33. The number of rotatable bonds is 2. The number of benzene rings is 1. The molecule has 0 fully saturated rings. The summed E-state index contributed by atoms with van der Waals surface area (Å²) >= 11 is 0. The first kappa shape index (κ1) is 13.3. The average molecular weight is 284 g/mol. The van der Waals surface area contributed by atoms with Gasteiger partial charge in [0.25, 0.3) is 0 Å². The second-order valence-corrected chi connectivity index (χ2v) is 4.69. The Morgan fingerprint density at radius 1 is 1.19 bits per heavy atom. The number of carbonyl (C=O) groups is 1. The van der Waals surface area contributed by atoms with Gasteiger partial charge in [-0.15, -0.1) is 0 Å². The van der Waals surface area contributed by atoms with E-state index in [4.69, 9.17) is 4.74 Å². The topological polar surface area (TPSA) is 43.6 Å². The summed E-state index contributed by atoms with van der Waals surface area (Å²) in [5, 5.41) is 4.47. The van der Waals surface area contributed by atoms with Gasteiger partial charge >= 0.3 is 5.97 Å². The molecule has 0 saturated carbocycles. The summed E-state index contributed by atoms with van der Waals surface area (Å²) in [5.41, 5.74) is 3.09. The van der Waals surface area contributed by atoms with Gasteiger partial charge in [-0.3, -0.25) is 0 Å². The van der Waals surface area contributed by atoms with Crippen LogP contribution in [-0.4, -0.2) is 22.7 Å². The van der Waals surface area contributed by atoms with Crippen LogP contribution in [0.25, 0.3) is 16.8 Å². The number of carbonyl (C=O) groups excluding carboxylic acids is 1. The van der Waals surface area contributed by atoms with Crippen molar-refractivity contribution in [2.75, 3.05) is 7.11 Å². The molecule has 0 saturated heterocycles. The lowest BCUT2D eigenvalue weighted by Gasteiger charge is -2.01. The number of esters is 1. The van der Waals surface area contributed by atoms with Crippen LogP contribution in [0.15, 0.2) is 42.5 Å². The van der Waals surface area contributed by atoms with Gasteiger partial charge in [-0.1, -0.05) is 6.07 Å². The zero-order chi connectivity index (χ0) is 15.0. The molecular formula is C16H13FN2O2. The van der Waals surface area contributed by atoms with Crippen molar-refractivity contribution in [3.05, 3.63) is 59.5 Å². The van der Waals surface area contributed by atoms with Crippen LogP contribution in [0.4, 0.5) is 4.39 Å². The van der Waals surface area contributed by atoms with Gasteiger partial charge in [-0.25, -0.2) is 13.7 Å². The lowest BCUT2D eigenvalue weighted by atomic mass is 10.1. The molecule has 0 amide bonds. The molecule has 3 rings (SSSR count). The van der Waals surface area contributed by atoms with Crippen LogP contribution < -0.4 is 0 Å². The van der Waals surface area contributed by atoms with Crippen molar-refractivity contribution in [1.82, 2.24) is 9.61 Å². The van der Waals surface area contributed by atoms with E-state index in [-0.39, 0.29) is 5.82 Å². The van der Waals surface area contributed by atoms with Gasteiger partial charge in [0.2, 0.25) is 0 Å². The number of methoxy groups -OCH3 is 1. The second-order valence-electron chi connectivity index (χ2n) is 4.69. The van der Waals surface area contributed by atoms with Crippen LogP contribution in [-0.2, 0) is 4.74 Å². The second kappa shape index (κ2) is 5.01. The third-order valence-corrected chi connectivity index (χ3v) is 3.35. The maximum absolute atomic E-state index is 13.1. The van der Waals surface area contributed by atoms with Crippen molar-refractivity contribution < 1.29 is 13.9 Å². The molecule has 0 bridgehead atoms. The van der Waals surface area contributed by atoms with E-state index >= 15 is 0 Å². The van der Waals surface area contributed by atoms with E-state index in [0.29, 0.717) is 22.3 Å². The van der Waals surface area contributed by atoms with E-state index < -0.39 is 5.97 Å². The highest BCUT2D eigenvalue weighted by atomic mass is 19.1. The third kappa shape index (κ3) is 2.16. The fourth-order valence-corrected chi connectivity index (χ4v) is 2.32. The standard InChI is InChI=1S/C16H13FN2O2/c1-10-4-3-5-13-14(16(20)21-2)15(18-19(10)13)11-6-8-12(17)9-7-11/h3-9H,1-2H3. The van der Waals surface area contributed by atoms with E-state index in [0.717, 1.165) is 5.69 Å². The van der Waals surface area contributed by atoms with E-state index in [1.807, 2.05) is 19.1 Å². The molecule has 0 spiro atoms. The van der Waals surface area contributed by atoms with Crippen LogP contribution in [0.5, 0.6) is 0 Å². The van der Waals surface area contributed by atoms with Crippen molar-refractivity contribution in [2.24, 2.45) is 0 Å². The number of pyridine rings is 1. The van der Waals surface area contributed by atoms with Crippen molar-refractivity contribution in [1.29, 1.82) is 0 Å². The highest BCUT2D eigenvalue weighted by molar-refractivity contribution is 6.03. The van der Waals surface area contributed by atoms with Gasteiger partial charge in [-0.2, -0.15) is 5.10 Å². The fourth-order valence-electron chi connectivity index (χ4n) is 2.32. The maximum Gasteiger partial charge on any atom is 0.342 e. The van der Waals surface area contributed by atoms with Crippen LogP contribution in [0.3, 0.4) is 0 Å². The Labute approximate surface area is 120 Å². The van der Waals surface area contributed by atoms with E-state index in [2.05, 4.69) is 5.10 Å². The first-order chi connectivity index (χ1) is 10.1. The summed E-state index contributed by atoms with van der Waals surface area (Å²) in [6, 6.07) is 11.4. The minimum atomic E-state index is -0.463. The van der Waals surface area contributed by atoms with Crippen LogP contribution in [0, 0.1) is 12.7 Å². The monoisotopic (exact) mass is 284 g/mol. The van der Waals surface area contributed by atoms with E-state index in [1.165, 1.54) is 19.2 Å². The maximum atomic E-state index is 13.1. The molecular weight excluding hydrogens is 271 g/mol. The normalized spacial score (nSPS) is 10.8. The Bertz CT molecular complexity index is 822. The van der Waals surface area contributed by atoms with Crippen LogP contribution in [0.1, 0.15) is 16.1 Å². The highest BCUT2D eigenvalue weighted by Crippen LogP contribution is 2.27. The van der Waals surface area contributed by atoms with Gasteiger partial charge in [0.15, 0.2) is 0 Å². The lowest BCUT2D eigenvalue weighted by Crippen LogP contribution is -2.02. The van der Waals surface area contributed by atoms with Gasteiger partial charge in [-0.05, 0) is 43.3 Å². The summed E-state index contributed by atoms with van der Waals surface area (Å²) < 4.78 is 19.6. The van der Waals surface area contributed by atoms with Crippen molar-refractivity contribution in [3.63, 3.8) is 0 Å². The number of hydrogen-bond donors (Lipinski definition) is 0. The van der Waals surface area contributed by atoms with Crippen molar-refractivity contribution in [3.8, 4) is 11.3 Å². The quantitative estimate of drug-likeness (QED) is 0.679. The summed E-state index contributed by atoms with van der Waals surface area (Å²) in [4.78, 5) is 12.1. The Morgan fingerprint density at radius 3 is 2.57 bits per heavy atom.